The van der Waals surface area contributed by atoms with Crippen LogP contribution in [0.3, 0.4) is 0 Å². The Morgan fingerprint density at radius 1 is 1.05 bits per heavy atom. The lowest BCUT2D eigenvalue weighted by Crippen LogP contribution is -2.31. The summed E-state index contributed by atoms with van der Waals surface area (Å²) in [4.78, 5) is 16.4. The van der Waals surface area contributed by atoms with Gasteiger partial charge in [0.15, 0.2) is 11.5 Å². The van der Waals surface area contributed by atoms with Gasteiger partial charge < -0.3 is 24.8 Å². The molecule has 6 nitrogen and oxygen atoms in total. The van der Waals surface area contributed by atoms with Crippen molar-refractivity contribution >= 4 is 28.5 Å². The summed E-state index contributed by atoms with van der Waals surface area (Å²) in [6.45, 7) is 0.169. The number of nitrogens with one attached hydrogen (secondary N) is 1. The Kier molecular flexibility index (Phi) is 7.21. The number of anilines is 1. The monoisotopic (exact) mass is 552 g/mol. The van der Waals surface area contributed by atoms with Crippen molar-refractivity contribution in [1.29, 1.82) is 0 Å². The number of carbonyl (C=O) groups is 1. The number of thiophene rings is 1. The molecule has 1 aliphatic rings. The molecule has 0 saturated carbocycles. The van der Waals surface area contributed by atoms with Crippen LogP contribution >= 0.6 is 11.3 Å². The number of nitrogens with zero attached hydrogens (tertiary/aromatic N) is 1. The molecule has 200 valence electrons. The molecule has 1 atom stereocenters. The number of ether oxygens (including phenoxy) is 2. The molecular weight excluding hydrogens is 529 g/mol. The smallest absolute Gasteiger partial charge is 0.504 e. The van der Waals surface area contributed by atoms with Gasteiger partial charge in [0.1, 0.15) is 5.75 Å². The minimum atomic E-state index is -4.82. The van der Waals surface area contributed by atoms with Crippen molar-refractivity contribution in [1.82, 2.24) is 4.90 Å². The first kappa shape index (κ1) is 26.2. The fraction of sp³-hybridized carbons (Fsp3) is 0.138. The molecule has 5 rings (SSSR count). The third-order valence-corrected chi connectivity index (χ3v) is 7.07. The molecule has 1 amide bonds. The summed E-state index contributed by atoms with van der Waals surface area (Å²) in [5.41, 5.74) is 2.64. The van der Waals surface area contributed by atoms with E-state index in [1.807, 2.05) is 28.5 Å². The van der Waals surface area contributed by atoms with E-state index >= 15 is 0 Å². The van der Waals surface area contributed by atoms with Gasteiger partial charge in [-0.25, -0.2) is 0 Å². The second-order valence-corrected chi connectivity index (χ2v) is 9.74. The number of benzene rings is 3. The molecule has 1 unspecified atom stereocenters. The molecule has 39 heavy (non-hydrogen) atoms. The summed E-state index contributed by atoms with van der Waals surface area (Å²) in [5.74, 6) is -0.621. The Hall–Kier alpha value is -4.44. The predicted molar refractivity (Wildman–Crippen MR) is 143 cm³/mol. The van der Waals surface area contributed by atoms with Gasteiger partial charge in [-0.2, -0.15) is 0 Å². The van der Waals surface area contributed by atoms with Crippen LogP contribution in [0.15, 0.2) is 90.4 Å². The van der Waals surface area contributed by atoms with Gasteiger partial charge in [-0.1, -0.05) is 36.4 Å². The standard InChI is InChI=1S/C29H23F3N2O4S/c1-37-25-15-22-21(14-24(25)35)23(28(36)33-19-8-3-2-4-9-19)17-34(27(22)26-11-6-12-39-26)16-18-7-5-10-20(13-18)38-29(30,31)32/h2-15,17,27,35H,16H2,1H3,(H,33,36). The lowest BCUT2D eigenvalue weighted by atomic mass is 9.88. The molecule has 1 aliphatic heterocycles. The Bertz CT molecular complexity index is 1500. The number of alkyl halides is 3. The number of carbonyl (C=O) groups excluding carboxylic acids is 1. The van der Waals surface area contributed by atoms with E-state index in [4.69, 9.17) is 4.74 Å². The van der Waals surface area contributed by atoms with Crippen LogP contribution < -0.4 is 14.8 Å². The second-order valence-electron chi connectivity index (χ2n) is 8.76. The lowest BCUT2D eigenvalue weighted by Gasteiger charge is -2.37. The van der Waals surface area contributed by atoms with Crippen LogP contribution in [0.5, 0.6) is 17.2 Å². The summed E-state index contributed by atoms with van der Waals surface area (Å²) in [6, 6.07) is 21.3. The molecule has 0 aliphatic carbocycles. The van der Waals surface area contributed by atoms with E-state index in [9.17, 15) is 23.1 Å². The fourth-order valence-corrected chi connectivity index (χ4v) is 5.41. The highest BCUT2D eigenvalue weighted by Crippen LogP contribution is 2.45. The summed E-state index contributed by atoms with van der Waals surface area (Å²) >= 11 is 1.50. The van der Waals surface area contributed by atoms with E-state index in [0.717, 1.165) is 4.88 Å². The average molecular weight is 553 g/mol. The minimum Gasteiger partial charge on any atom is -0.504 e. The van der Waals surface area contributed by atoms with Crippen LogP contribution in [-0.2, 0) is 11.3 Å². The van der Waals surface area contributed by atoms with E-state index in [1.54, 1.807) is 42.6 Å². The van der Waals surface area contributed by atoms with Crippen LogP contribution in [0.1, 0.15) is 27.6 Å². The molecule has 2 N–H and O–H groups in total. The third kappa shape index (κ3) is 5.85. The Morgan fingerprint density at radius 2 is 1.85 bits per heavy atom. The van der Waals surface area contributed by atoms with Gasteiger partial charge in [0.05, 0.1) is 18.7 Å². The van der Waals surface area contributed by atoms with E-state index < -0.39 is 18.3 Å². The highest BCUT2D eigenvalue weighted by atomic mass is 32.1. The SMILES string of the molecule is COc1cc2c(cc1O)C(C(=O)Nc1ccccc1)=CN(Cc1cccc(OC(F)(F)F)c1)C2c1cccs1. The molecule has 0 radical (unpaired) electrons. The highest BCUT2D eigenvalue weighted by molar-refractivity contribution is 7.10. The molecule has 10 heteroatoms. The van der Waals surface area contributed by atoms with Gasteiger partial charge in [-0.05, 0) is 64.5 Å². The van der Waals surface area contributed by atoms with Crippen molar-refractivity contribution in [2.24, 2.45) is 0 Å². The summed E-state index contributed by atoms with van der Waals surface area (Å²) in [5, 5.41) is 15.4. The average Bonchev–Trinajstić information content (AvgIpc) is 3.42. The maximum absolute atomic E-state index is 13.5. The summed E-state index contributed by atoms with van der Waals surface area (Å²) in [7, 11) is 1.44. The highest BCUT2D eigenvalue weighted by Gasteiger charge is 2.34. The number of amides is 1. The first-order chi connectivity index (χ1) is 18.7. The number of para-hydroxylation sites is 1. The second kappa shape index (κ2) is 10.7. The number of hydrogen-bond acceptors (Lipinski definition) is 6. The molecule has 2 heterocycles. The van der Waals surface area contributed by atoms with E-state index in [1.165, 1.54) is 42.7 Å². The normalized spacial score (nSPS) is 14.8. The van der Waals surface area contributed by atoms with E-state index in [2.05, 4.69) is 10.1 Å². The molecule has 0 bridgehead atoms. The van der Waals surface area contributed by atoms with Crippen LogP contribution in [-0.4, -0.2) is 29.4 Å². The summed E-state index contributed by atoms with van der Waals surface area (Å²) < 4.78 is 48.0. The molecule has 3 aromatic carbocycles. The Morgan fingerprint density at radius 3 is 2.54 bits per heavy atom. The van der Waals surface area contributed by atoms with Gasteiger partial charge in [-0.3, -0.25) is 4.79 Å². The number of rotatable bonds is 7. The number of phenolic OH excluding ortho intramolecular Hbond substituents is 1. The van der Waals surface area contributed by atoms with Crippen molar-refractivity contribution in [3.8, 4) is 17.2 Å². The van der Waals surface area contributed by atoms with E-state index in [-0.39, 0.29) is 29.4 Å². The zero-order valence-electron chi connectivity index (χ0n) is 20.6. The van der Waals surface area contributed by atoms with Crippen LogP contribution in [0.4, 0.5) is 18.9 Å². The predicted octanol–water partition coefficient (Wildman–Crippen LogP) is 6.95. The van der Waals surface area contributed by atoms with Crippen molar-refractivity contribution in [2.45, 2.75) is 18.9 Å². The summed E-state index contributed by atoms with van der Waals surface area (Å²) in [6.07, 6.45) is -3.14. The van der Waals surface area contributed by atoms with Crippen molar-refractivity contribution < 1.29 is 32.5 Å². The van der Waals surface area contributed by atoms with Gasteiger partial charge in [-0.15, -0.1) is 24.5 Å². The molecule has 0 spiro atoms. The molecule has 4 aromatic rings. The number of hydrogen-bond donors (Lipinski definition) is 2. The quantitative estimate of drug-likeness (QED) is 0.260. The number of phenols is 1. The van der Waals surface area contributed by atoms with Crippen LogP contribution in [0.2, 0.25) is 0 Å². The largest absolute Gasteiger partial charge is 0.573 e. The first-order valence-corrected chi connectivity index (χ1v) is 12.7. The Balaban J connectivity index is 1.61. The van der Waals surface area contributed by atoms with Crippen molar-refractivity contribution in [3.63, 3.8) is 0 Å². The van der Waals surface area contributed by atoms with Crippen LogP contribution in [0.25, 0.3) is 5.57 Å². The molecule has 0 saturated heterocycles. The fourth-order valence-electron chi connectivity index (χ4n) is 4.55. The molecule has 0 fully saturated rings. The van der Waals surface area contributed by atoms with Crippen molar-refractivity contribution in [2.75, 3.05) is 12.4 Å². The number of methoxy groups -OCH3 is 1. The zero-order chi connectivity index (χ0) is 27.6. The molecule has 1 aromatic heterocycles. The maximum atomic E-state index is 13.5. The number of fused-ring (bicyclic) bond motifs is 1. The topological polar surface area (TPSA) is 71.0 Å². The van der Waals surface area contributed by atoms with Gasteiger partial charge in [0, 0.05) is 23.3 Å². The van der Waals surface area contributed by atoms with Gasteiger partial charge in [0.2, 0.25) is 0 Å². The molecular formula is C29H23F3N2O4S. The first-order valence-electron chi connectivity index (χ1n) is 11.8. The van der Waals surface area contributed by atoms with Gasteiger partial charge in [0.25, 0.3) is 5.91 Å². The maximum Gasteiger partial charge on any atom is 0.573 e. The third-order valence-electron chi connectivity index (χ3n) is 6.15. The zero-order valence-corrected chi connectivity index (χ0v) is 21.4. The van der Waals surface area contributed by atoms with E-state index in [0.29, 0.717) is 22.4 Å². The van der Waals surface area contributed by atoms with Crippen molar-refractivity contribution in [3.05, 3.63) is 112 Å². The number of halogens is 3. The number of aromatic hydroxyl groups is 1. The van der Waals surface area contributed by atoms with Gasteiger partial charge >= 0.3 is 6.36 Å². The lowest BCUT2D eigenvalue weighted by molar-refractivity contribution is -0.274. The van der Waals surface area contributed by atoms with Crippen LogP contribution in [0, 0.1) is 0 Å². The Labute approximate surface area is 226 Å². The minimum absolute atomic E-state index is 0.120.